The Balaban J connectivity index is 1.81. The van der Waals surface area contributed by atoms with Crippen molar-refractivity contribution in [3.8, 4) is 5.75 Å². The Morgan fingerprint density at radius 2 is 1.47 bits per heavy atom. The first-order chi connectivity index (χ1) is 21.7. The fourth-order valence-electron chi connectivity index (χ4n) is 4.93. The molecular formula is C35H38ClN3O5S. The lowest BCUT2D eigenvalue weighted by Gasteiger charge is -2.34. The van der Waals surface area contributed by atoms with E-state index in [2.05, 4.69) is 5.32 Å². The minimum absolute atomic E-state index is 0.00687. The molecule has 0 heterocycles. The van der Waals surface area contributed by atoms with Crippen LogP contribution in [0, 0.1) is 0 Å². The third kappa shape index (κ3) is 8.86. The molecule has 4 aromatic rings. The molecule has 0 aliphatic carbocycles. The molecule has 4 rings (SSSR count). The second kappa shape index (κ2) is 16.1. The Bertz CT molecular complexity index is 1650. The number of rotatable bonds is 15. The molecule has 45 heavy (non-hydrogen) atoms. The molecule has 236 valence electrons. The molecule has 1 N–H and O–H groups in total. The van der Waals surface area contributed by atoms with Crippen LogP contribution in [-0.4, -0.2) is 51.4 Å². The topological polar surface area (TPSA) is 96.0 Å². The maximum atomic E-state index is 14.5. The predicted molar refractivity (Wildman–Crippen MR) is 178 cm³/mol. The monoisotopic (exact) mass is 647 g/mol. The highest BCUT2D eigenvalue weighted by Gasteiger charge is 2.35. The molecule has 10 heteroatoms. The highest BCUT2D eigenvalue weighted by molar-refractivity contribution is 7.92. The fourth-order valence-corrected chi connectivity index (χ4v) is 6.54. The van der Waals surface area contributed by atoms with Gasteiger partial charge in [0.2, 0.25) is 11.8 Å². The van der Waals surface area contributed by atoms with Crippen LogP contribution in [0.15, 0.2) is 114 Å². The largest absolute Gasteiger partial charge is 0.495 e. The van der Waals surface area contributed by atoms with Crippen LogP contribution < -0.4 is 14.4 Å². The number of hydrogen-bond donors (Lipinski definition) is 1. The smallest absolute Gasteiger partial charge is 0.264 e. The normalized spacial score (nSPS) is 11.8. The average Bonchev–Trinajstić information content (AvgIpc) is 3.06. The van der Waals surface area contributed by atoms with E-state index in [9.17, 15) is 18.0 Å². The summed E-state index contributed by atoms with van der Waals surface area (Å²) in [4.78, 5) is 29.8. The van der Waals surface area contributed by atoms with Crippen molar-refractivity contribution in [1.29, 1.82) is 0 Å². The van der Waals surface area contributed by atoms with Gasteiger partial charge in [0.1, 0.15) is 18.3 Å². The van der Waals surface area contributed by atoms with Gasteiger partial charge in [-0.25, -0.2) is 8.42 Å². The molecular weight excluding hydrogens is 610 g/mol. The van der Waals surface area contributed by atoms with Crippen molar-refractivity contribution < 1.29 is 22.7 Å². The van der Waals surface area contributed by atoms with E-state index in [4.69, 9.17) is 16.3 Å². The number of nitrogens with zero attached hydrogens (tertiary/aromatic N) is 2. The number of benzene rings is 4. The van der Waals surface area contributed by atoms with Gasteiger partial charge in [0.05, 0.1) is 17.7 Å². The molecule has 0 saturated heterocycles. The SMILES string of the molecule is CCCCNC(=O)[C@H](Cc1ccccc1)N(Cc1ccccc1)C(=O)CN(c1cc(Cl)ccc1OC)S(=O)(=O)c1ccccc1. The van der Waals surface area contributed by atoms with Gasteiger partial charge in [0.15, 0.2) is 0 Å². The summed E-state index contributed by atoms with van der Waals surface area (Å²) in [5.41, 5.74) is 1.77. The maximum absolute atomic E-state index is 14.5. The van der Waals surface area contributed by atoms with Crippen molar-refractivity contribution in [3.05, 3.63) is 125 Å². The molecule has 0 aliphatic rings. The standard InChI is InChI=1S/C35H38ClN3O5S/c1-3-4-22-37-35(41)32(23-27-14-8-5-9-15-27)38(25-28-16-10-6-11-17-28)34(40)26-39(31-24-29(36)20-21-33(31)44-2)45(42,43)30-18-12-7-13-19-30/h5-21,24,32H,3-4,22-23,25-26H2,1-2H3,(H,37,41)/t32-/m0/s1. The first-order valence-electron chi connectivity index (χ1n) is 14.8. The zero-order valence-electron chi connectivity index (χ0n) is 25.4. The van der Waals surface area contributed by atoms with Crippen LogP contribution in [-0.2, 0) is 32.6 Å². The quantitative estimate of drug-likeness (QED) is 0.157. The first-order valence-corrected chi connectivity index (χ1v) is 16.6. The molecule has 0 saturated carbocycles. The molecule has 0 radical (unpaired) electrons. The lowest BCUT2D eigenvalue weighted by Crippen LogP contribution is -2.53. The number of sulfonamides is 1. The Morgan fingerprint density at radius 1 is 0.867 bits per heavy atom. The minimum atomic E-state index is -4.28. The van der Waals surface area contributed by atoms with Gasteiger partial charge in [-0.1, -0.05) is 104 Å². The Morgan fingerprint density at radius 3 is 2.07 bits per heavy atom. The van der Waals surface area contributed by atoms with Crippen molar-refractivity contribution in [3.63, 3.8) is 0 Å². The number of methoxy groups -OCH3 is 1. The van der Waals surface area contributed by atoms with E-state index in [1.54, 1.807) is 30.3 Å². The number of unbranched alkanes of at least 4 members (excludes halogenated alkanes) is 1. The number of nitrogens with one attached hydrogen (secondary N) is 1. The van der Waals surface area contributed by atoms with Gasteiger partial charge in [-0.05, 0) is 47.9 Å². The molecule has 0 aromatic heterocycles. The maximum Gasteiger partial charge on any atom is 0.264 e. The van der Waals surface area contributed by atoms with Crippen LogP contribution in [0.2, 0.25) is 5.02 Å². The molecule has 4 aromatic carbocycles. The van der Waals surface area contributed by atoms with E-state index < -0.39 is 28.5 Å². The summed E-state index contributed by atoms with van der Waals surface area (Å²) < 4.78 is 34.9. The molecule has 0 spiro atoms. The number of amides is 2. The van der Waals surface area contributed by atoms with Crippen molar-refractivity contribution in [1.82, 2.24) is 10.2 Å². The number of carbonyl (C=O) groups excluding carboxylic acids is 2. The molecule has 0 bridgehead atoms. The number of anilines is 1. The van der Waals surface area contributed by atoms with Crippen molar-refractivity contribution in [2.45, 2.75) is 43.7 Å². The summed E-state index contributed by atoms with van der Waals surface area (Å²) in [6, 6.07) is 30.3. The van der Waals surface area contributed by atoms with Crippen LogP contribution >= 0.6 is 11.6 Å². The second-order valence-corrected chi connectivity index (χ2v) is 12.8. The van der Waals surface area contributed by atoms with Crippen LogP contribution in [0.25, 0.3) is 0 Å². The first kappa shape index (κ1) is 33.6. The zero-order chi connectivity index (χ0) is 32.2. The number of hydrogen-bond acceptors (Lipinski definition) is 5. The van der Waals surface area contributed by atoms with E-state index in [-0.39, 0.29) is 40.2 Å². The number of ether oxygens (including phenoxy) is 1. The summed E-state index contributed by atoms with van der Waals surface area (Å²) in [5, 5.41) is 3.26. The van der Waals surface area contributed by atoms with Crippen LogP contribution in [0.5, 0.6) is 5.75 Å². The number of halogens is 1. The van der Waals surface area contributed by atoms with Crippen LogP contribution in [0.1, 0.15) is 30.9 Å². The predicted octanol–water partition coefficient (Wildman–Crippen LogP) is 6.10. The summed E-state index contributed by atoms with van der Waals surface area (Å²) in [7, 11) is -2.86. The van der Waals surface area contributed by atoms with Gasteiger partial charge in [0.25, 0.3) is 10.0 Å². The lowest BCUT2D eigenvalue weighted by molar-refractivity contribution is -0.140. The van der Waals surface area contributed by atoms with E-state index >= 15 is 0 Å². The van der Waals surface area contributed by atoms with Gasteiger partial charge >= 0.3 is 0 Å². The Hall–Kier alpha value is -4.34. The summed E-state index contributed by atoms with van der Waals surface area (Å²) in [6.45, 7) is 1.98. The third-order valence-electron chi connectivity index (χ3n) is 7.32. The zero-order valence-corrected chi connectivity index (χ0v) is 27.0. The van der Waals surface area contributed by atoms with Gasteiger partial charge in [0, 0.05) is 24.5 Å². The Kier molecular flexibility index (Phi) is 12.0. The van der Waals surface area contributed by atoms with E-state index in [0.717, 1.165) is 28.3 Å². The van der Waals surface area contributed by atoms with E-state index in [0.29, 0.717) is 6.54 Å². The van der Waals surface area contributed by atoms with Gasteiger partial charge in [-0.2, -0.15) is 0 Å². The Labute approximate surface area is 270 Å². The summed E-state index contributed by atoms with van der Waals surface area (Å²) in [5.74, 6) is -0.652. The third-order valence-corrected chi connectivity index (χ3v) is 9.33. The van der Waals surface area contributed by atoms with Gasteiger partial charge in [-0.15, -0.1) is 0 Å². The molecule has 0 aliphatic heterocycles. The highest BCUT2D eigenvalue weighted by atomic mass is 35.5. The highest BCUT2D eigenvalue weighted by Crippen LogP contribution is 2.35. The van der Waals surface area contributed by atoms with Crippen molar-refractivity contribution in [2.75, 3.05) is 24.5 Å². The summed E-state index contributed by atoms with van der Waals surface area (Å²) in [6.07, 6.45) is 1.92. The minimum Gasteiger partial charge on any atom is -0.495 e. The van der Waals surface area contributed by atoms with Crippen LogP contribution in [0.3, 0.4) is 0 Å². The van der Waals surface area contributed by atoms with E-state index in [1.807, 2.05) is 67.6 Å². The lowest BCUT2D eigenvalue weighted by atomic mass is 10.0. The van der Waals surface area contributed by atoms with Crippen molar-refractivity contribution in [2.24, 2.45) is 0 Å². The van der Waals surface area contributed by atoms with Crippen molar-refractivity contribution >= 4 is 39.1 Å². The fraction of sp³-hybridized carbons (Fsp3) is 0.257. The van der Waals surface area contributed by atoms with Gasteiger partial charge < -0.3 is 15.0 Å². The molecule has 0 fully saturated rings. The number of carbonyl (C=O) groups is 2. The van der Waals surface area contributed by atoms with Gasteiger partial charge in [-0.3, -0.25) is 13.9 Å². The molecule has 0 unspecified atom stereocenters. The molecule has 8 nitrogen and oxygen atoms in total. The summed E-state index contributed by atoms with van der Waals surface area (Å²) >= 11 is 6.34. The molecule has 1 atom stereocenters. The van der Waals surface area contributed by atoms with Crippen LogP contribution in [0.4, 0.5) is 5.69 Å². The average molecular weight is 648 g/mol. The second-order valence-electron chi connectivity index (χ2n) is 10.5. The van der Waals surface area contributed by atoms with E-state index in [1.165, 1.54) is 30.2 Å². The molecule has 2 amide bonds.